The maximum atomic E-state index is 14.0. The second-order valence-corrected chi connectivity index (χ2v) is 7.73. The van der Waals surface area contributed by atoms with Crippen LogP contribution >= 0.6 is 43.5 Å². The lowest BCUT2D eigenvalue weighted by Gasteiger charge is -2.12. The molecule has 9 heteroatoms. The number of halogens is 4. The summed E-state index contributed by atoms with van der Waals surface area (Å²) in [7, 11) is -4.15. The Morgan fingerprint density at radius 1 is 1.24 bits per heavy atom. The topological polar surface area (TPSA) is 72.2 Å². The summed E-state index contributed by atoms with van der Waals surface area (Å²) < 4.78 is 41.2. The van der Waals surface area contributed by atoms with Gasteiger partial charge in [0.15, 0.2) is 5.82 Å². The first-order valence-electron chi connectivity index (χ1n) is 5.43. The number of hydrogen-bond acceptors (Lipinski definition) is 3. The van der Waals surface area contributed by atoms with Gasteiger partial charge < -0.3 is 5.73 Å². The van der Waals surface area contributed by atoms with E-state index in [0.29, 0.717) is 9.50 Å². The fourth-order valence-corrected chi connectivity index (χ4v) is 4.05. The Labute approximate surface area is 142 Å². The SMILES string of the molecule is Nc1cc(Br)c(F)c(S(=O)(=O)Nc2cccc(Cl)c2Br)c1. The van der Waals surface area contributed by atoms with Gasteiger partial charge in [-0.05, 0) is 56.1 Å². The molecule has 0 amide bonds. The predicted octanol–water partition coefficient (Wildman–Crippen LogP) is 4.39. The van der Waals surface area contributed by atoms with Gasteiger partial charge in [0.2, 0.25) is 0 Å². The van der Waals surface area contributed by atoms with Gasteiger partial charge in [-0.15, -0.1) is 0 Å². The van der Waals surface area contributed by atoms with Crippen molar-refractivity contribution in [2.24, 2.45) is 0 Å². The Morgan fingerprint density at radius 3 is 2.57 bits per heavy atom. The molecule has 0 bridgehead atoms. The summed E-state index contributed by atoms with van der Waals surface area (Å²) in [6.45, 7) is 0. The highest BCUT2D eigenvalue weighted by Gasteiger charge is 2.23. The van der Waals surface area contributed by atoms with E-state index < -0.39 is 20.7 Å². The lowest BCUT2D eigenvalue weighted by Crippen LogP contribution is -2.15. The second kappa shape index (κ2) is 6.12. The van der Waals surface area contributed by atoms with Crippen LogP contribution in [-0.4, -0.2) is 8.42 Å². The van der Waals surface area contributed by atoms with Crippen LogP contribution < -0.4 is 10.5 Å². The molecule has 3 N–H and O–H groups in total. The summed E-state index contributed by atoms with van der Waals surface area (Å²) in [4.78, 5) is -0.554. The molecule has 0 aliphatic rings. The first-order valence-corrected chi connectivity index (χ1v) is 8.88. The zero-order valence-electron chi connectivity index (χ0n) is 10.2. The first-order chi connectivity index (χ1) is 9.72. The van der Waals surface area contributed by atoms with Crippen LogP contribution in [0.2, 0.25) is 5.02 Å². The maximum absolute atomic E-state index is 14.0. The van der Waals surface area contributed by atoms with Crippen LogP contribution in [0.3, 0.4) is 0 Å². The Kier molecular flexibility index (Phi) is 4.82. The number of nitrogens with one attached hydrogen (secondary N) is 1. The van der Waals surface area contributed by atoms with Gasteiger partial charge in [0.05, 0.1) is 19.7 Å². The van der Waals surface area contributed by atoms with Crippen molar-refractivity contribution >= 4 is 64.9 Å². The Balaban J connectivity index is 2.51. The first kappa shape index (κ1) is 16.5. The number of sulfonamides is 1. The highest BCUT2D eigenvalue weighted by atomic mass is 79.9. The fraction of sp³-hybridized carbons (Fsp3) is 0. The zero-order chi connectivity index (χ0) is 15.8. The summed E-state index contributed by atoms with van der Waals surface area (Å²) in [6.07, 6.45) is 0. The number of nitrogen functional groups attached to an aromatic ring is 1. The van der Waals surface area contributed by atoms with Crippen molar-refractivity contribution in [1.82, 2.24) is 0 Å². The minimum Gasteiger partial charge on any atom is -0.399 e. The van der Waals surface area contributed by atoms with Crippen LogP contribution in [0.1, 0.15) is 0 Å². The van der Waals surface area contributed by atoms with Crippen LogP contribution in [0.5, 0.6) is 0 Å². The molecule has 0 fully saturated rings. The highest BCUT2D eigenvalue weighted by molar-refractivity contribution is 9.11. The molecular weight excluding hydrogens is 450 g/mol. The van der Waals surface area contributed by atoms with Crippen molar-refractivity contribution in [3.8, 4) is 0 Å². The van der Waals surface area contributed by atoms with E-state index in [4.69, 9.17) is 17.3 Å². The van der Waals surface area contributed by atoms with Crippen LogP contribution in [-0.2, 0) is 10.0 Å². The van der Waals surface area contributed by atoms with E-state index in [2.05, 4.69) is 36.6 Å². The molecule has 0 radical (unpaired) electrons. The van der Waals surface area contributed by atoms with Crippen molar-refractivity contribution in [3.05, 3.63) is 50.1 Å². The minimum atomic E-state index is -4.15. The average Bonchev–Trinajstić information content (AvgIpc) is 2.39. The van der Waals surface area contributed by atoms with Gasteiger partial charge >= 0.3 is 0 Å². The molecule has 2 rings (SSSR count). The van der Waals surface area contributed by atoms with Crippen LogP contribution in [0.25, 0.3) is 0 Å². The van der Waals surface area contributed by atoms with E-state index in [-0.39, 0.29) is 15.8 Å². The quantitative estimate of drug-likeness (QED) is 0.671. The number of hydrogen-bond donors (Lipinski definition) is 2. The standard InChI is InChI=1S/C12H8Br2ClFN2O2S/c13-7-4-6(17)5-10(12(7)16)21(19,20)18-9-3-1-2-8(15)11(9)14/h1-5,18H,17H2. The number of nitrogens with two attached hydrogens (primary N) is 1. The molecule has 0 aromatic heterocycles. The zero-order valence-corrected chi connectivity index (χ0v) is 14.9. The van der Waals surface area contributed by atoms with Gasteiger partial charge in [0.25, 0.3) is 10.0 Å². The molecule has 0 atom stereocenters. The minimum absolute atomic E-state index is 0.0342. The van der Waals surface area contributed by atoms with Crippen molar-refractivity contribution in [1.29, 1.82) is 0 Å². The Morgan fingerprint density at radius 2 is 1.90 bits per heavy atom. The second-order valence-electron chi connectivity index (χ2n) is 4.02. The normalized spacial score (nSPS) is 11.4. The Hall–Kier alpha value is -0.830. The van der Waals surface area contributed by atoms with Crippen LogP contribution in [0, 0.1) is 5.82 Å². The molecule has 0 saturated heterocycles. The molecule has 0 aliphatic heterocycles. The van der Waals surface area contributed by atoms with E-state index >= 15 is 0 Å². The lowest BCUT2D eigenvalue weighted by molar-refractivity contribution is 0.567. The molecule has 112 valence electrons. The largest absolute Gasteiger partial charge is 0.399 e. The van der Waals surface area contributed by atoms with Crippen molar-refractivity contribution in [2.45, 2.75) is 4.90 Å². The molecule has 0 saturated carbocycles. The van der Waals surface area contributed by atoms with Gasteiger partial charge in [0.1, 0.15) is 4.90 Å². The highest BCUT2D eigenvalue weighted by Crippen LogP contribution is 2.33. The third-order valence-electron chi connectivity index (χ3n) is 2.50. The maximum Gasteiger partial charge on any atom is 0.264 e. The van der Waals surface area contributed by atoms with Gasteiger partial charge in [-0.3, -0.25) is 4.72 Å². The van der Waals surface area contributed by atoms with Gasteiger partial charge in [-0.1, -0.05) is 17.7 Å². The van der Waals surface area contributed by atoms with Gasteiger partial charge in [0, 0.05) is 5.69 Å². The molecule has 0 spiro atoms. The predicted molar refractivity (Wildman–Crippen MR) is 88.5 cm³/mol. The fourth-order valence-electron chi connectivity index (χ4n) is 1.56. The molecule has 4 nitrogen and oxygen atoms in total. The molecule has 2 aromatic rings. The average molecular weight is 459 g/mol. The Bertz CT molecular complexity index is 815. The molecule has 21 heavy (non-hydrogen) atoms. The van der Waals surface area contributed by atoms with Crippen molar-refractivity contribution in [2.75, 3.05) is 10.5 Å². The molecule has 2 aromatic carbocycles. The monoisotopic (exact) mass is 456 g/mol. The summed E-state index contributed by atoms with van der Waals surface area (Å²) in [6, 6.07) is 6.97. The van der Waals surface area contributed by atoms with Gasteiger partial charge in [-0.2, -0.15) is 0 Å². The van der Waals surface area contributed by atoms with Crippen LogP contribution in [0.15, 0.2) is 44.2 Å². The lowest BCUT2D eigenvalue weighted by atomic mass is 10.3. The summed E-state index contributed by atoms with van der Waals surface area (Å²) >= 11 is 12.0. The van der Waals surface area contributed by atoms with E-state index in [9.17, 15) is 12.8 Å². The van der Waals surface area contributed by atoms with E-state index in [0.717, 1.165) is 6.07 Å². The summed E-state index contributed by atoms with van der Waals surface area (Å²) in [5.41, 5.74) is 5.87. The molecular formula is C12H8Br2ClFN2O2S. The van der Waals surface area contributed by atoms with Crippen molar-refractivity contribution in [3.63, 3.8) is 0 Å². The number of anilines is 2. The molecule has 0 heterocycles. The molecule has 0 unspecified atom stereocenters. The van der Waals surface area contributed by atoms with Crippen molar-refractivity contribution < 1.29 is 12.8 Å². The van der Waals surface area contributed by atoms with Crippen LogP contribution in [0.4, 0.5) is 15.8 Å². The van der Waals surface area contributed by atoms with E-state index in [1.165, 1.54) is 12.1 Å². The molecule has 0 aliphatic carbocycles. The van der Waals surface area contributed by atoms with Gasteiger partial charge in [-0.25, -0.2) is 12.8 Å². The third-order valence-corrected chi connectivity index (χ3v) is 5.84. The van der Waals surface area contributed by atoms with E-state index in [1.807, 2.05) is 0 Å². The summed E-state index contributed by atoms with van der Waals surface area (Å²) in [5.74, 6) is -0.921. The van der Waals surface area contributed by atoms with E-state index in [1.54, 1.807) is 12.1 Å². The summed E-state index contributed by atoms with van der Waals surface area (Å²) in [5, 5.41) is 0.324. The number of benzene rings is 2. The smallest absolute Gasteiger partial charge is 0.264 e. The number of rotatable bonds is 3. The third kappa shape index (κ3) is 3.50.